The number of nitrogens with one attached hydrogen (secondary N) is 1. The van der Waals surface area contributed by atoms with Crippen molar-refractivity contribution in [1.82, 2.24) is 0 Å². The predicted molar refractivity (Wildman–Crippen MR) is 71.1 cm³/mol. The highest BCUT2D eigenvalue weighted by Gasteiger charge is 2.04. The fraction of sp³-hybridized carbons (Fsp3) is 0.250. The van der Waals surface area contributed by atoms with E-state index in [-0.39, 0.29) is 5.57 Å². The number of hydrogen-bond donors (Lipinski definition) is 2. The number of halogens is 2. The second-order valence-electron chi connectivity index (χ2n) is 3.65. The summed E-state index contributed by atoms with van der Waals surface area (Å²) in [5.74, 6) is -0.931. The first-order chi connectivity index (χ1) is 7.91. The number of benzene rings is 1. The van der Waals surface area contributed by atoms with Gasteiger partial charge in [0.25, 0.3) is 0 Å². The van der Waals surface area contributed by atoms with Gasteiger partial charge in [0.05, 0.1) is 10.7 Å². The van der Waals surface area contributed by atoms with Gasteiger partial charge in [0.2, 0.25) is 0 Å². The van der Waals surface area contributed by atoms with Crippen LogP contribution in [0.15, 0.2) is 23.8 Å². The number of carbonyl (C=O) groups is 1. The van der Waals surface area contributed by atoms with Gasteiger partial charge in [-0.05, 0) is 31.5 Å². The quantitative estimate of drug-likeness (QED) is 0.822. The van der Waals surface area contributed by atoms with E-state index in [1.54, 1.807) is 18.2 Å². The molecule has 0 heterocycles. The zero-order valence-electron chi connectivity index (χ0n) is 9.55. The van der Waals surface area contributed by atoms with Crippen molar-refractivity contribution < 1.29 is 9.90 Å². The van der Waals surface area contributed by atoms with Crippen LogP contribution in [-0.2, 0) is 4.79 Å². The number of anilines is 1. The normalized spacial score (nSPS) is 11.4. The van der Waals surface area contributed by atoms with Crippen LogP contribution in [-0.4, -0.2) is 17.6 Å². The van der Waals surface area contributed by atoms with Gasteiger partial charge < -0.3 is 10.4 Å². The SMILES string of the molecule is C/C(=C/CNc1cc(Cl)c(C)cc1Cl)C(=O)O. The van der Waals surface area contributed by atoms with Gasteiger partial charge in [-0.3, -0.25) is 0 Å². The lowest BCUT2D eigenvalue weighted by atomic mass is 10.2. The van der Waals surface area contributed by atoms with Crippen molar-refractivity contribution in [2.24, 2.45) is 0 Å². The van der Waals surface area contributed by atoms with Crippen molar-refractivity contribution in [3.8, 4) is 0 Å². The molecule has 5 heteroatoms. The van der Waals surface area contributed by atoms with E-state index in [4.69, 9.17) is 28.3 Å². The molecule has 0 spiro atoms. The third kappa shape index (κ3) is 3.95. The lowest BCUT2D eigenvalue weighted by Crippen LogP contribution is -2.03. The summed E-state index contributed by atoms with van der Waals surface area (Å²) >= 11 is 12.0. The lowest BCUT2D eigenvalue weighted by Gasteiger charge is -2.08. The van der Waals surface area contributed by atoms with E-state index in [0.29, 0.717) is 22.3 Å². The minimum atomic E-state index is -0.931. The van der Waals surface area contributed by atoms with Crippen molar-refractivity contribution in [1.29, 1.82) is 0 Å². The molecule has 0 aliphatic carbocycles. The van der Waals surface area contributed by atoms with Crippen LogP contribution in [0.4, 0.5) is 5.69 Å². The molecule has 1 aromatic rings. The van der Waals surface area contributed by atoms with Crippen molar-refractivity contribution in [2.45, 2.75) is 13.8 Å². The summed E-state index contributed by atoms with van der Waals surface area (Å²) < 4.78 is 0. The van der Waals surface area contributed by atoms with Crippen molar-refractivity contribution >= 4 is 34.9 Å². The van der Waals surface area contributed by atoms with Gasteiger partial charge in [0.1, 0.15) is 0 Å². The molecular weight excluding hydrogens is 261 g/mol. The maximum atomic E-state index is 10.6. The van der Waals surface area contributed by atoms with Gasteiger partial charge in [0.15, 0.2) is 0 Å². The van der Waals surface area contributed by atoms with E-state index in [2.05, 4.69) is 5.32 Å². The summed E-state index contributed by atoms with van der Waals surface area (Å²) in [6.45, 7) is 3.79. The number of rotatable bonds is 4. The first-order valence-corrected chi connectivity index (χ1v) is 5.77. The van der Waals surface area contributed by atoms with E-state index in [1.807, 2.05) is 6.92 Å². The van der Waals surface area contributed by atoms with Crippen LogP contribution in [0.3, 0.4) is 0 Å². The van der Waals surface area contributed by atoms with Gasteiger partial charge in [-0.1, -0.05) is 29.3 Å². The smallest absolute Gasteiger partial charge is 0.331 e. The average molecular weight is 274 g/mol. The Morgan fingerprint density at radius 3 is 2.65 bits per heavy atom. The van der Waals surface area contributed by atoms with Crippen LogP contribution >= 0.6 is 23.2 Å². The Bertz CT molecular complexity index is 470. The van der Waals surface area contributed by atoms with Gasteiger partial charge in [-0.15, -0.1) is 0 Å². The van der Waals surface area contributed by atoms with Gasteiger partial charge >= 0.3 is 5.97 Å². The van der Waals surface area contributed by atoms with E-state index in [0.717, 1.165) is 5.56 Å². The van der Waals surface area contributed by atoms with E-state index < -0.39 is 5.97 Å². The first kappa shape index (κ1) is 13.9. The molecule has 0 unspecified atom stereocenters. The molecule has 1 rings (SSSR count). The summed E-state index contributed by atoms with van der Waals surface area (Å²) in [6.07, 6.45) is 1.58. The molecule has 0 aromatic heterocycles. The molecule has 0 bridgehead atoms. The molecule has 0 radical (unpaired) electrons. The van der Waals surface area contributed by atoms with Crippen LogP contribution in [0.1, 0.15) is 12.5 Å². The van der Waals surface area contributed by atoms with E-state index >= 15 is 0 Å². The Kier molecular flexibility index (Phi) is 4.85. The molecule has 3 nitrogen and oxygen atoms in total. The Labute approximate surface area is 110 Å². The van der Waals surface area contributed by atoms with Crippen LogP contribution in [0, 0.1) is 6.92 Å². The topological polar surface area (TPSA) is 49.3 Å². The van der Waals surface area contributed by atoms with Crippen molar-refractivity contribution in [3.05, 3.63) is 39.4 Å². The van der Waals surface area contributed by atoms with Gasteiger partial charge in [-0.25, -0.2) is 4.79 Å². The maximum absolute atomic E-state index is 10.6. The third-order valence-corrected chi connectivity index (χ3v) is 3.01. The summed E-state index contributed by atoms with van der Waals surface area (Å²) in [5.41, 5.74) is 1.88. The molecule has 0 aliphatic rings. The summed E-state index contributed by atoms with van der Waals surface area (Å²) in [7, 11) is 0. The molecular formula is C12H13Cl2NO2. The fourth-order valence-electron chi connectivity index (χ4n) is 1.18. The summed E-state index contributed by atoms with van der Waals surface area (Å²) in [6, 6.07) is 3.49. The Hall–Kier alpha value is -1.19. The second kappa shape index (κ2) is 5.94. The molecule has 0 saturated heterocycles. The fourth-order valence-corrected chi connectivity index (χ4v) is 1.63. The zero-order valence-corrected chi connectivity index (χ0v) is 11.1. The Morgan fingerprint density at radius 2 is 2.06 bits per heavy atom. The van der Waals surface area contributed by atoms with Crippen LogP contribution in [0.25, 0.3) is 0 Å². The molecule has 0 saturated carbocycles. The van der Waals surface area contributed by atoms with E-state index in [9.17, 15) is 4.79 Å². The predicted octanol–water partition coefficient (Wildman–Crippen LogP) is 3.74. The molecule has 0 amide bonds. The summed E-state index contributed by atoms with van der Waals surface area (Å²) in [4.78, 5) is 10.6. The lowest BCUT2D eigenvalue weighted by molar-refractivity contribution is -0.132. The Morgan fingerprint density at radius 1 is 1.41 bits per heavy atom. The minimum Gasteiger partial charge on any atom is -0.478 e. The number of aliphatic carboxylic acids is 1. The largest absolute Gasteiger partial charge is 0.478 e. The average Bonchev–Trinajstić information content (AvgIpc) is 2.25. The molecule has 92 valence electrons. The Balaban J connectivity index is 2.74. The zero-order chi connectivity index (χ0) is 13.0. The summed E-state index contributed by atoms with van der Waals surface area (Å²) in [5, 5.41) is 12.9. The molecule has 0 fully saturated rings. The number of carboxylic acids is 1. The highest BCUT2D eigenvalue weighted by atomic mass is 35.5. The molecule has 1 aromatic carbocycles. The van der Waals surface area contributed by atoms with Gasteiger partial charge in [-0.2, -0.15) is 0 Å². The van der Waals surface area contributed by atoms with Crippen LogP contribution in [0.5, 0.6) is 0 Å². The third-order valence-electron chi connectivity index (χ3n) is 2.29. The molecule has 0 aliphatic heterocycles. The van der Waals surface area contributed by atoms with Crippen molar-refractivity contribution in [2.75, 3.05) is 11.9 Å². The number of carboxylic acid groups (broad SMARTS) is 1. The maximum Gasteiger partial charge on any atom is 0.331 e. The molecule has 2 N–H and O–H groups in total. The minimum absolute atomic E-state index is 0.284. The van der Waals surface area contributed by atoms with Crippen LogP contribution in [0.2, 0.25) is 10.0 Å². The monoisotopic (exact) mass is 273 g/mol. The van der Waals surface area contributed by atoms with Crippen molar-refractivity contribution in [3.63, 3.8) is 0 Å². The second-order valence-corrected chi connectivity index (χ2v) is 4.47. The highest BCUT2D eigenvalue weighted by Crippen LogP contribution is 2.28. The van der Waals surface area contributed by atoms with Crippen LogP contribution < -0.4 is 5.32 Å². The standard InChI is InChI=1S/C12H13Cl2NO2/c1-7(12(16)17)3-4-15-11-6-9(13)8(2)5-10(11)14/h3,5-6,15H,4H2,1-2H3,(H,16,17)/b7-3-. The molecule has 0 atom stereocenters. The number of aryl methyl sites for hydroxylation is 1. The highest BCUT2D eigenvalue weighted by molar-refractivity contribution is 6.35. The molecule has 17 heavy (non-hydrogen) atoms. The number of hydrogen-bond acceptors (Lipinski definition) is 2. The first-order valence-electron chi connectivity index (χ1n) is 5.01. The van der Waals surface area contributed by atoms with E-state index in [1.165, 1.54) is 6.92 Å². The van der Waals surface area contributed by atoms with Gasteiger partial charge in [0, 0.05) is 17.1 Å².